The average molecular weight is 895 g/mol. The van der Waals surface area contributed by atoms with E-state index in [1.165, 1.54) is 76.9 Å². The van der Waals surface area contributed by atoms with E-state index >= 15 is 0 Å². The van der Waals surface area contributed by atoms with Gasteiger partial charge >= 0.3 is 0 Å². The van der Waals surface area contributed by atoms with Crippen LogP contribution in [0.3, 0.4) is 0 Å². The average Bonchev–Trinajstić information content (AvgIpc) is 4.08. The molecule has 0 N–H and O–H groups in total. The molecule has 0 spiro atoms. The van der Waals surface area contributed by atoms with Gasteiger partial charge in [-0.2, -0.15) is 0 Å². The summed E-state index contributed by atoms with van der Waals surface area (Å²) in [5, 5.41) is 5.73. The molecule has 1 aliphatic rings. The molecule has 10 aromatic carbocycles. The van der Waals surface area contributed by atoms with E-state index in [2.05, 4.69) is 279 Å². The first-order valence-corrected chi connectivity index (χ1v) is 26.5. The fourth-order valence-electron chi connectivity index (χ4n) is 10.5. The van der Waals surface area contributed by atoms with Crippen molar-refractivity contribution in [2.24, 2.45) is 5.41 Å². The van der Waals surface area contributed by atoms with Gasteiger partial charge in [0, 0.05) is 0 Å². The van der Waals surface area contributed by atoms with Gasteiger partial charge in [0.15, 0.2) is 0 Å². The maximum absolute atomic E-state index is 2.56. The molecule has 11 rings (SSSR count). The van der Waals surface area contributed by atoms with Crippen molar-refractivity contribution in [3.05, 3.63) is 290 Å². The Labute approximate surface area is 399 Å². The molecule has 2 heteroatoms. The summed E-state index contributed by atoms with van der Waals surface area (Å²) in [5.41, 5.74) is 12.7. The van der Waals surface area contributed by atoms with Gasteiger partial charge in [0.2, 0.25) is 0 Å². The van der Waals surface area contributed by atoms with Crippen LogP contribution in [0, 0.1) is 5.41 Å². The summed E-state index contributed by atoms with van der Waals surface area (Å²) in [5.74, 6) is 0.450. The summed E-state index contributed by atoms with van der Waals surface area (Å²) in [6, 6.07) is 105. The normalized spacial score (nSPS) is 15.1. The van der Waals surface area contributed by atoms with Crippen LogP contribution in [-0.2, 0) is 0 Å². The molecule has 0 aliphatic heterocycles. The van der Waals surface area contributed by atoms with Crippen LogP contribution in [0.2, 0.25) is 0 Å². The van der Waals surface area contributed by atoms with Gasteiger partial charge < -0.3 is 0 Å². The van der Waals surface area contributed by atoms with Gasteiger partial charge in [0.1, 0.15) is 0 Å². The zero-order valence-corrected chi connectivity index (χ0v) is 39.3. The number of rotatable bonds is 14. The molecule has 0 amide bonds. The third kappa shape index (κ3) is 9.14. The molecule has 0 heterocycles. The molecule has 67 heavy (non-hydrogen) atoms. The van der Waals surface area contributed by atoms with E-state index in [4.69, 9.17) is 0 Å². The quantitative estimate of drug-likeness (QED) is 0.0954. The Morgan fingerprint density at radius 2 is 0.448 bits per heavy atom. The highest BCUT2D eigenvalue weighted by Crippen LogP contribution is 2.76. The van der Waals surface area contributed by atoms with E-state index in [9.17, 15) is 0 Å². The van der Waals surface area contributed by atoms with Gasteiger partial charge in [0.05, 0.1) is 0 Å². The highest BCUT2D eigenvalue weighted by atomic mass is 31.1. The van der Waals surface area contributed by atoms with Gasteiger partial charge in [-0.25, -0.2) is 0 Å². The summed E-state index contributed by atoms with van der Waals surface area (Å²) in [7, 11) is -1.55. The van der Waals surface area contributed by atoms with Crippen molar-refractivity contribution in [2.75, 3.05) is 12.3 Å². The van der Waals surface area contributed by atoms with Crippen molar-refractivity contribution in [1.82, 2.24) is 0 Å². The first kappa shape index (κ1) is 42.7. The Morgan fingerprint density at radius 3 is 0.672 bits per heavy atom. The Hall–Kier alpha value is -6.94. The first-order chi connectivity index (χ1) is 33.2. The SMILES string of the molecule is c1ccc(-c2cc(-c3ccccc3)cc([C@H]3[C@H](c4cc(-c5ccccc5)cc(-c5ccccc5)c4)C3(CP(c3ccccc3)c3ccccc3)CP(c3ccccc3)c3ccccc3)c2)cc1. The molecular formula is C65H52P2. The fourth-order valence-corrected chi connectivity index (χ4v) is 16.3. The van der Waals surface area contributed by atoms with Crippen LogP contribution in [-0.4, -0.2) is 12.3 Å². The van der Waals surface area contributed by atoms with E-state index in [-0.39, 0.29) is 17.3 Å². The number of hydrogen-bond donors (Lipinski definition) is 0. The highest BCUT2D eigenvalue weighted by Gasteiger charge is 2.66. The Bertz CT molecular complexity index is 2750. The minimum Gasteiger partial charge on any atom is -0.0622 e. The van der Waals surface area contributed by atoms with Crippen molar-refractivity contribution in [3.8, 4) is 44.5 Å². The van der Waals surface area contributed by atoms with Crippen molar-refractivity contribution >= 4 is 37.1 Å². The molecule has 10 aromatic rings. The predicted octanol–water partition coefficient (Wildman–Crippen LogP) is 15.5. The molecule has 1 fully saturated rings. The lowest BCUT2D eigenvalue weighted by Crippen LogP contribution is -2.27. The zero-order chi connectivity index (χ0) is 44.8. The van der Waals surface area contributed by atoms with E-state index in [0.29, 0.717) is 0 Å². The zero-order valence-electron chi connectivity index (χ0n) is 37.5. The fraction of sp³-hybridized carbons (Fsp3) is 0.0769. The van der Waals surface area contributed by atoms with Crippen molar-refractivity contribution in [1.29, 1.82) is 0 Å². The second kappa shape index (κ2) is 19.5. The minimum atomic E-state index is -0.774. The van der Waals surface area contributed by atoms with Crippen LogP contribution in [0.5, 0.6) is 0 Å². The van der Waals surface area contributed by atoms with Gasteiger partial charge in [-0.1, -0.05) is 267 Å². The topological polar surface area (TPSA) is 0 Å². The van der Waals surface area contributed by atoms with E-state index in [1.807, 2.05) is 0 Å². The van der Waals surface area contributed by atoms with Crippen LogP contribution in [0.15, 0.2) is 279 Å². The third-order valence-electron chi connectivity index (χ3n) is 13.7. The molecule has 0 radical (unpaired) electrons. The summed E-state index contributed by atoms with van der Waals surface area (Å²) in [6.45, 7) is 0. The van der Waals surface area contributed by atoms with Gasteiger partial charge in [0.25, 0.3) is 0 Å². The lowest BCUT2D eigenvalue weighted by molar-refractivity contribution is 0.622. The van der Waals surface area contributed by atoms with Crippen LogP contribution in [0.25, 0.3) is 44.5 Å². The summed E-state index contributed by atoms with van der Waals surface area (Å²) in [6.07, 6.45) is 2.10. The van der Waals surface area contributed by atoms with Gasteiger partial charge in [-0.15, -0.1) is 0 Å². The van der Waals surface area contributed by atoms with Gasteiger partial charge in [-0.05, 0) is 134 Å². The predicted molar refractivity (Wildman–Crippen MR) is 290 cm³/mol. The lowest BCUT2D eigenvalue weighted by Gasteiger charge is -2.31. The minimum absolute atomic E-state index is 0.138. The van der Waals surface area contributed by atoms with Crippen molar-refractivity contribution in [2.45, 2.75) is 11.8 Å². The number of benzene rings is 10. The van der Waals surface area contributed by atoms with E-state index in [1.54, 1.807) is 0 Å². The lowest BCUT2D eigenvalue weighted by atomic mass is 9.91. The smallest absolute Gasteiger partial charge is 0.00170 e. The summed E-state index contributed by atoms with van der Waals surface area (Å²) in [4.78, 5) is 0. The summed E-state index contributed by atoms with van der Waals surface area (Å²) >= 11 is 0. The maximum Gasteiger partial charge on any atom is -0.00170 e. The molecular weight excluding hydrogens is 843 g/mol. The molecule has 0 saturated heterocycles. The Balaban J connectivity index is 1.21. The molecule has 0 aromatic heterocycles. The second-order valence-electron chi connectivity index (χ2n) is 17.9. The van der Waals surface area contributed by atoms with Crippen LogP contribution < -0.4 is 21.2 Å². The first-order valence-electron chi connectivity index (χ1n) is 23.5. The van der Waals surface area contributed by atoms with Crippen molar-refractivity contribution < 1.29 is 0 Å². The molecule has 322 valence electrons. The second-order valence-corrected chi connectivity index (χ2v) is 22.3. The highest BCUT2D eigenvalue weighted by molar-refractivity contribution is 7.74. The molecule has 0 unspecified atom stereocenters. The molecule has 1 aliphatic carbocycles. The largest absolute Gasteiger partial charge is 0.0622 e. The van der Waals surface area contributed by atoms with E-state index in [0.717, 1.165) is 12.3 Å². The van der Waals surface area contributed by atoms with Crippen molar-refractivity contribution in [3.63, 3.8) is 0 Å². The standard InChI is InChI=1S/C65H52P2/c1-9-25-49(26-10-1)53-41-54(50-27-11-2-12-28-50)44-57(43-53)63-64(58-45-55(51-29-13-3-14-30-51)42-56(46-58)52-31-15-4-16-32-52)65(63,47-66(59-33-17-5-18-34-59)60-35-19-6-20-36-60)48-67(61-37-21-7-22-38-61)62-39-23-8-24-40-62/h1-46,63-64H,47-48H2/t63-,64-/m0/s1. The van der Waals surface area contributed by atoms with Crippen LogP contribution in [0.1, 0.15) is 23.0 Å². The van der Waals surface area contributed by atoms with Crippen LogP contribution >= 0.6 is 15.8 Å². The van der Waals surface area contributed by atoms with E-state index < -0.39 is 15.8 Å². The van der Waals surface area contributed by atoms with Gasteiger partial charge in [-0.3, -0.25) is 0 Å². The summed E-state index contributed by atoms with van der Waals surface area (Å²) < 4.78 is 0. The molecule has 1 saturated carbocycles. The maximum atomic E-state index is 2.56. The third-order valence-corrected chi connectivity index (χ3v) is 19.2. The molecule has 0 nitrogen and oxygen atoms in total. The molecule has 2 atom stereocenters. The monoisotopic (exact) mass is 894 g/mol. The Morgan fingerprint density at radius 1 is 0.239 bits per heavy atom. The molecule has 0 bridgehead atoms. The number of hydrogen-bond acceptors (Lipinski definition) is 0. The van der Waals surface area contributed by atoms with Crippen LogP contribution in [0.4, 0.5) is 0 Å². The Kier molecular flexibility index (Phi) is 12.4.